The van der Waals surface area contributed by atoms with Crippen LogP contribution in [0.3, 0.4) is 0 Å². The van der Waals surface area contributed by atoms with Crippen LogP contribution < -0.4 is 0 Å². The number of carbonyl (C=O) groups is 1. The van der Waals surface area contributed by atoms with Crippen molar-refractivity contribution in [3.8, 4) is 0 Å². The summed E-state index contributed by atoms with van der Waals surface area (Å²) in [5, 5.41) is 22.9. The molecule has 0 spiro atoms. The molecule has 0 fully saturated rings. The minimum atomic E-state index is -1.22. The minimum Gasteiger partial charge on any atom is -0.476 e. The van der Waals surface area contributed by atoms with Gasteiger partial charge in [0.1, 0.15) is 0 Å². The summed E-state index contributed by atoms with van der Waals surface area (Å²) in [5.41, 5.74) is -0.307. The van der Waals surface area contributed by atoms with E-state index in [1.165, 1.54) is 22.7 Å². The molecule has 0 aromatic carbocycles. The lowest BCUT2D eigenvalue weighted by Crippen LogP contribution is -2.12. The molecule has 2 aromatic rings. The molecule has 0 saturated carbocycles. The average molecular weight is 227 g/mol. The number of rotatable bonds is 2. The summed E-state index contributed by atoms with van der Waals surface area (Å²) in [6, 6.07) is 3.61. The summed E-state index contributed by atoms with van der Waals surface area (Å²) in [6.45, 7) is 0. The van der Waals surface area contributed by atoms with Gasteiger partial charge in [-0.3, -0.25) is 0 Å². The molecular formula is C8H5NO3S2. The Hall–Kier alpha value is -1.40. The van der Waals surface area contributed by atoms with Gasteiger partial charge in [0.25, 0.3) is 0 Å². The normalized spacial score (nSPS) is 12.1. The van der Waals surface area contributed by atoms with E-state index in [1.54, 1.807) is 6.07 Å². The third-order valence-corrected chi connectivity index (χ3v) is 3.90. The summed E-state index contributed by atoms with van der Waals surface area (Å²) in [7, 11) is 0. The molecule has 4 nitrogen and oxygen atoms in total. The lowest BCUT2D eigenvalue weighted by atomic mass is 10.3. The smallest absolute Gasteiger partial charge is 0.359 e. The van der Waals surface area contributed by atoms with Crippen molar-refractivity contribution in [2.24, 2.45) is 5.16 Å². The molecule has 14 heavy (non-hydrogen) atoms. The molecule has 0 radical (unpaired) electrons. The fraction of sp³-hybridized carbons (Fsp3) is 0. The van der Waals surface area contributed by atoms with Gasteiger partial charge >= 0.3 is 5.97 Å². The van der Waals surface area contributed by atoms with Crippen LogP contribution in [0.4, 0.5) is 0 Å². The Kier molecular flexibility index (Phi) is 2.22. The molecule has 2 aromatic heterocycles. The first-order valence-electron chi connectivity index (χ1n) is 3.65. The molecule has 0 bridgehead atoms. The van der Waals surface area contributed by atoms with E-state index in [1.807, 2.05) is 11.4 Å². The van der Waals surface area contributed by atoms with Gasteiger partial charge < -0.3 is 10.3 Å². The zero-order chi connectivity index (χ0) is 10.1. The summed E-state index contributed by atoms with van der Waals surface area (Å²) in [6.07, 6.45) is 0. The molecular weight excluding hydrogens is 222 g/mol. The van der Waals surface area contributed by atoms with Crippen molar-refractivity contribution in [2.75, 3.05) is 0 Å². The van der Waals surface area contributed by atoms with Crippen LogP contribution in [-0.2, 0) is 4.79 Å². The molecule has 6 heteroatoms. The van der Waals surface area contributed by atoms with Crippen LogP contribution in [0.25, 0.3) is 9.40 Å². The van der Waals surface area contributed by atoms with Crippen LogP contribution in [0.2, 0.25) is 0 Å². The largest absolute Gasteiger partial charge is 0.476 e. The molecule has 0 unspecified atom stereocenters. The summed E-state index contributed by atoms with van der Waals surface area (Å²) < 4.78 is 1.03. The molecule has 2 heterocycles. The highest BCUT2D eigenvalue weighted by Gasteiger charge is 2.16. The van der Waals surface area contributed by atoms with Crippen molar-refractivity contribution in [3.05, 3.63) is 22.4 Å². The highest BCUT2D eigenvalue weighted by molar-refractivity contribution is 7.38. The Morgan fingerprint density at radius 2 is 2.29 bits per heavy atom. The Bertz CT molecular complexity index is 483. The Balaban J connectivity index is 2.53. The third-order valence-electron chi connectivity index (χ3n) is 1.68. The molecule has 2 rings (SSSR count). The zero-order valence-electron chi connectivity index (χ0n) is 6.80. The number of carboxylic acid groups (broad SMARTS) is 1. The zero-order valence-corrected chi connectivity index (χ0v) is 8.43. The van der Waals surface area contributed by atoms with Crippen LogP contribution in [0.5, 0.6) is 0 Å². The van der Waals surface area contributed by atoms with E-state index < -0.39 is 5.97 Å². The van der Waals surface area contributed by atoms with Crippen LogP contribution in [0, 0.1) is 0 Å². The molecule has 0 saturated heterocycles. The number of hydrogen-bond acceptors (Lipinski definition) is 5. The van der Waals surface area contributed by atoms with E-state index >= 15 is 0 Å². The van der Waals surface area contributed by atoms with Crippen LogP contribution in [0.1, 0.15) is 4.88 Å². The maximum absolute atomic E-state index is 10.6. The Morgan fingerprint density at radius 3 is 2.86 bits per heavy atom. The van der Waals surface area contributed by atoms with E-state index in [9.17, 15) is 4.79 Å². The fourth-order valence-corrected chi connectivity index (χ4v) is 3.16. The van der Waals surface area contributed by atoms with Gasteiger partial charge in [-0.15, -0.1) is 22.7 Å². The van der Waals surface area contributed by atoms with Crippen LogP contribution in [0.15, 0.2) is 22.7 Å². The van der Waals surface area contributed by atoms with Gasteiger partial charge in [-0.05, 0) is 17.5 Å². The lowest BCUT2D eigenvalue weighted by molar-refractivity contribution is -0.129. The van der Waals surface area contributed by atoms with E-state index in [2.05, 4.69) is 5.16 Å². The molecule has 2 N–H and O–H groups in total. The number of fused-ring (bicyclic) bond motifs is 1. The van der Waals surface area contributed by atoms with E-state index in [0.29, 0.717) is 4.88 Å². The fourth-order valence-electron chi connectivity index (χ4n) is 1.08. The first-order valence-corrected chi connectivity index (χ1v) is 5.34. The van der Waals surface area contributed by atoms with Crippen molar-refractivity contribution < 1.29 is 15.1 Å². The van der Waals surface area contributed by atoms with Gasteiger partial charge in [-0.25, -0.2) is 4.79 Å². The molecule has 72 valence electrons. The highest BCUT2D eigenvalue weighted by atomic mass is 32.2. The number of carboxylic acids is 1. The number of oxime groups is 1. The van der Waals surface area contributed by atoms with Crippen molar-refractivity contribution in [2.45, 2.75) is 0 Å². The maximum atomic E-state index is 10.6. The lowest BCUT2D eigenvalue weighted by Gasteiger charge is -1.91. The highest BCUT2D eigenvalue weighted by Crippen LogP contribution is 2.30. The van der Waals surface area contributed by atoms with Crippen LogP contribution in [-0.4, -0.2) is 22.0 Å². The molecule has 0 atom stereocenters. The number of thiophene rings is 2. The Morgan fingerprint density at radius 1 is 1.50 bits per heavy atom. The first kappa shape index (κ1) is 9.17. The predicted molar refractivity (Wildman–Crippen MR) is 55.7 cm³/mol. The van der Waals surface area contributed by atoms with Gasteiger partial charge in [0, 0.05) is 5.39 Å². The predicted octanol–water partition coefficient (Wildman–Crippen LogP) is 2.23. The third kappa shape index (κ3) is 1.38. The number of hydrogen-bond donors (Lipinski definition) is 2. The minimum absolute atomic E-state index is 0.307. The molecule has 0 aliphatic rings. The van der Waals surface area contributed by atoms with Gasteiger partial charge in [-0.2, -0.15) is 0 Å². The summed E-state index contributed by atoms with van der Waals surface area (Å²) in [5.74, 6) is -1.22. The molecule has 0 aliphatic carbocycles. The first-order chi connectivity index (χ1) is 6.72. The SMILES string of the molecule is O=C(O)C(=NO)c1cc2ccsc2s1. The summed E-state index contributed by atoms with van der Waals surface area (Å²) >= 11 is 2.85. The number of nitrogens with zero attached hydrogens (tertiary/aromatic N) is 1. The molecule has 0 amide bonds. The van der Waals surface area contributed by atoms with Crippen molar-refractivity contribution in [1.82, 2.24) is 0 Å². The van der Waals surface area contributed by atoms with Gasteiger partial charge in [0.2, 0.25) is 5.71 Å². The topological polar surface area (TPSA) is 69.9 Å². The standard InChI is InChI=1S/C8H5NO3S2/c10-7(11)6(9-12)5-3-4-1-2-13-8(4)14-5/h1-3,12H,(H,10,11). The maximum Gasteiger partial charge on any atom is 0.359 e. The second-order valence-electron chi connectivity index (χ2n) is 2.53. The van der Waals surface area contributed by atoms with Gasteiger partial charge in [-0.1, -0.05) is 5.16 Å². The van der Waals surface area contributed by atoms with E-state index in [-0.39, 0.29) is 5.71 Å². The van der Waals surface area contributed by atoms with E-state index in [4.69, 9.17) is 10.3 Å². The average Bonchev–Trinajstić information content (AvgIpc) is 2.63. The van der Waals surface area contributed by atoms with Gasteiger partial charge in [0.15, 0.2) is 0 Å². The summed E-state index contributed by atoms with van der Waals surface area (Å²) in [4.78, 5) is 11.1. The van der Waals surface area contributed by atoms with Gasteiger partial charge in [0.05, 0.1) is 8.89 Å². The van der Waals surface area contributed by atoms with Crippen molar-refractivity contribution in [1.29, 1.82) is 0 Å². The second-order valence-corrected chi connectivity index (χ2v) is 4.75. The van der Waals surface area contributed by atoms with E-state index in [0.717, 1.165) is 9.40 Å². The number of aliphatic carboxylic acids is 1. The monoisotopic (exact) mass is 227 g/mol. The van der Waals surface area contributed by atoms with Crippen molar-refractivity contribution in [3.63, 3.8) is 0 Å². The Labute approximate surface area is 86.7 Å². The van der Waals surface area contributed by atoms with Crippen molar-refractivity contribution >= 4 is 43.8 Å². The van der Waals surface area contributed by atoms with Crippen LogP contribution >= 0.6 is 22.7 Å². The quantitative estimate of drug-likeness (QED) is 0.469. The second kappa shape index (κ2) is 3.39. The molecule has 0 aliphatic heterocycles.